The fraction of sp³-hybridized carbons (Fsp3) is 0.333. The molecule has 2 aliphatic heterocycles. The van der Waals surface area contributed by atoms with Crippen LogP contribution in [-0.2, 0) is 14.8 Å². The summed E-state index contributed by atoms with van der Waals surface area (Å²) in [7, 11) is -3.62. The van der Waals surface area contributed by atoms with E-state index in [0.717, 1.165) is 11.1 Å². The van der Waals surface area contributed by atoms with E-state index in [1.807, 2.05) is 31.2 Å². The molecular formula is C18H19NO5S. The van der Waals surface area contributed by atoms with E-state index in [1.54, 1.807) is 12.1 Å². The third-order valence-corrected chi connectivity index (χ3v) is 6.41. The van der Waals surface area contributed by atoms with Gasteiger partial charge >= 0.3 is 0 Å². The molecule has 4 rings (SSSR count). The maximum absolute atomic E-state index is 13.0. The highest BCUT2D eigenvalue weighted by Gasteiger charge is 2.33. The molecule has 7 heteroatoms. The van der Waals surface area contributed by atoms with Gasteiger partial charge in [0.15, 0.2) is 11.5 Å². The van der Waals surface area contributed by atoms with Gasteiger partial charge in [-0.2, -0.15) is 4.31 Å². The molecule has 1 fully saturated rings. The zero-order valence-electron chi connectivity index (χ0n) is 13.8. The molecule has 2 aromatic rings. The van der Waals surface area contributed by atoms with E-state index in [1.165, 1.54) is 10.4 Å². The Bertz CT molecular complexity index is 896. The predicted molar refractivity (Wildman–Crippen MR) is 91.2 cm³/mol. The highest BCUT2D eigenvalue weighted by molar-refractivity contribution is 7.89. The van der Waals surface area contributed by atoms with E-state index >= 15 is 0 Å². The van der Waals surface area contributed by atoms with Crippen LogP contribution in [0.1, 0.15) is 17.2 Å². The molecule has 132 valence electrons. The van der Waals surface area contributed by atoms with Crippen LogP contribution in [0.3, 0.4) is 0 Å². The van der Waals surface area contributed by atoms with Gasteiger partial charge in [-0.3, -0.25) is 0 Å². The normalized spacial score (nSPS) is 20.6. The molecule has 0 spiro atoms. The SMILES string of the molecule is Cc1ccccc1C1CN(S(=O)(=O)c2ccc3c(c2)OCO3)CCO1. The zero-order valence-corrected chi connectivity index (χ0v) is 14.7. The Morgan fingerprint density at radius 1 is 1.08 bits per heavy atom. The van der Waals surface area contributed by atoms with Crippen molar-refractivity contribution in [3.63, 3.8) is 0 Å². The third-order valence-electron chi connectivity index (χ3n) is 4.55. The Morgan fingerprint density at radius 3 is 2.72 bits per heavy atom. The predicted octanol–water partition coefficient (Wildman–Crippen LogP) is 2.49. The molecule has 0 amide bonds. The monoisotopic (exact) mass is 361 g/mol. The Kier molecular flexibility index (Phi) is 4.15. The molecule has 0 bridgehead atoms. The number of nitrogens with zero attached hydrogens (tertiary/aromatic N) is 1. The summed E-state index contributed by atoms with van der Waals surface area (Å²) in [5, 5.41) is 0. The van der Waals surface area contributed by atoms with Crippen molar-refractivity contribution in [3.05, 3.63) is 53.6 Å². The average molecular weight is 361 g/mol. The molecule has 25 heavy (non-hydrogen) atoms. The molecule has 0 saturated carbocycles. The fourth-order valence-corrected chi connectivity index (χ4v) is 4.61. The zero-order chi connectivity index (χ0) is 17.4. The highest BCUT2D eigenvalue weighted by Crippen LogP contribution is 2.35. The first-order chi connectivity index (χ1) is 12.1. The van der Waals surface area contributed by atoms with Crippen LogP contribution in [0.5, 0.6) is 11.5 Å². The number of fused-ring (bicyclic) bond motifs is 1. The van der Waals surface area contributed by atoms with Gasteiger partial charge < -0.3 is 14.2 Å². The lowest BCUT2D eigenvalue weighted by Crippen LogP contribution is -2.42. The molecule has 1 unspecified atom stereocenters. The van der Waals surface area contributed by atoms with E-state index in [9.17, 15) is 8.42 Å². The Morgan fingerprint density at radius 2 is 1.88 bits per heavy atom. The standard InChI is InChI=1S/C18H19NO5S/c1-13-4-2-3-5-15(13)18-11-19(8-9-22-18)25(20,21)14-6-7-16-17(10-14)24-12-23-16/h2-7,10,18H,8-9,11-12H2,1H3. The van der Waals surface area contributed by atoms with Crippen LogP contribution in [0, 0.1) is 6.92 Å². The fourth-order valence-electron chi connectivity index (χ4n) is 3.17. The van der Waals surface area contributed by atoms with Crippen LogP contribution in [0.15, 0.2) is 47.4 Å². The number of rotatable bonds is 3. The largest absolute Gasteiger partial charge is 0.454 e. The molecular weight excluding hydrogens is 342 g/mol. The molecule has 0 aromatic heterocycles. The first-order valence-electron chi connectivity index (χ1n) is 8.12. The number of hydrogen-bond donors (Lipinski definition) is 0. The van der Waals surface area contributed by atoms with Crippen molar-refractivity contribution < 1.29 is 22.6 Å². The summed E-state index contributed by atoms with van der Waals surface area (Å²) in [6.45, 7) is 3.11. The van der Waals surface area contributed by atoms with Crippen LogP contribution in [-0.4, -0.2) is 39.2 Å². The van der Waals surface area contributed by atoms with Crippen molar-refractivity contribution in [2.24, 2.45) is 0 Å². The topological polar surface area (TPSA) is 65.1 Å². The first kappa shape index (κ1) is 16.4. The maximum Gasteiger partial charge on any atom is 0.243 e. The lowest BCUT2D eigenvalue weighted by atomic mass is 10.0. The summed E-state index contributed by atoms with van der Waals surface area (Å²) in [6.07, 6.45) is -0.265. The molecule has 2 aromatic carbocycles. The van der Waals surface area contributed by atoms with Crippen molar-refractivity contribution in [1.29, 1.82) is 0 Å². The van der Waals surface area contributed by atoms with Gasteiger partial charge in [0.25, 0.3) is 0 Å². The summed E-state index contributed by atoms with van der Waals surface area (Å²) in [5.41, 5.74) is 2.11. The second-order valence-corrected chi connectivity index (χ2v) is 8.03. The summed E-state index contributed by atoms with van der Waals surface area (Å²) in [5.74, 6) is 1.03. The van der Waals surface area contributed by atoms with Gasteiger partial charge in [-0.25, -0.2) is 8.42 Å². The first-order valence-corrected chi connectivity index (χ1v) is 9.56. The van der Waals surface area contributed by atoms with Crippen molar-refractivity contribution in [2.75, 3.05) is 26.5 Å². The summed E-state index contributed by atoms with van der Waals surface area (Å²) < 4.78 is 43.9. The minimum Gasteiger partial charge on any atom is -0.454 e. The van der Waals surface area contributed by atoms with Gasteiger partial charge in [-0.15, -0.1) is 0 Å². The maximum atomic E-state index is 13.0. The highest BCUT2D eigenvalue weighted by atomic mass is 32.2. The quantitative estimate of drug-likeness (QED) is 0.840. The summed E-state index contributed by atoms with van der Waals surface area (Å²) in [4.78, 5) is 0.210. The van der Waals surface area contributed by atoms with E-state index in [2.05, 4.69) is 0 Å². The number of ether oxygens (including phenoxy) is 3. The molecule has 0 N–H and O–H groups in total. The van der Waals surface area contributed by atoms with Gasteiger partial charge in [0.2, 0.25) is 16.8 Å². The van der Waals surface area contributed by atoms with Gasteiger partial charge in [0, 0.05) is 19.2 Å². The van der Waals surface area contributed by atoms with Crippen LogP contribution in [0.2, 0.25) is 0 Å². The van der Waals surface area contributed by atoms with Crippen LogP contribution in [0.4, 0.5) is 0 Å². The molecule has 1 saturated heterocycles. The van der Waals surface area contributed by atoms with Crippen molar-refractivity contribution >= 4 is 10.0 Å². The molecule has 0 aliphatic carbocycles. The van der Waals surface area contributed by atoms with Crippen molar-refractivity contribution in [2.45, 2.75) is 17.9 Å². The summed E-state index contributed by atoms with van der Waals surface area (Å²) in [6, 6.07) is 12.6. The lowest BCUT2D eigenvalue weighted by Gasteiger charge is -2.33. The molecule has 2 aliphatic rings. The Hall–Kier alpha value is -2.09. The average Bonchev–Trinajstić information content (AvgIpc) is 3.10. The lowest BCUT2D eigenvalue weighted by molar-refractivity contribution is -0.00289. The Balaban J connectivity index is 1.61. The van der Waals surface area contributed by atoms with Crippen molar-refractivity contribution in [1.82, 2.24) is 4.31 Å². The Labute approximate surface area is 147 Å². The number of benzene rings is 2. The minimum absolute atomic E-state index is 0.117. The number of sulfonamides is 1. The molecule has 2 heterocycles. The number of morpholine rings is 1. The van der Waals surface area contributed by atoms with Crippen molar-refractivity contribution in [3.8, 4) is 11.5 Å². The van der Waals surface area contributed by atoms with E-state index in [-0.39, 0.29) is 17.8 Å². The second kappa shape index (κ2) is 6.33. The second-order valence-electron chi connectivity index (χ2n) is 6.09. The van der Waals surface area contributed by atoms with E-state index in [0.29, 0.717) is 31.2 Å². The number of hydrogen-bond acceptors (Lipinski definition) is 5. The van der Waals surface area contributed by atoms with E-state index < -0.39 is 10.0 Å². The number of aryl methyl sites for hydroxylation is 1. The van der Waals surface area contributed by atoms with Gasteiger partial charge in [-0.05, 0) is 30.2 Å². The molecule has 0 radical (unpaired) electrons. The van der Waals surface area contributed by atoms with Gasteiger partial charge in [0.1, 0.15) is 0 Å². The molecule has 6 nitrogen and oxygen atoms in total. The smallest absolute Gasteiger partial charge is 0.243 e. The summed E-state index contributed by atoms with van der Waals surface area (Å²) >= 11 is 0. The van der Waals surface area contributed by atoms with Crippen LogP contribution >= 0.6 is 0 Å². The van der Waals surface area contributed by atoms with E-state index in [4.69, 9.17) is 14.2 Å². The molecule has 1 atom stereocenters. The van der Waals surface area contributed by atoms with Crippen LogP contribution in [0.25, 0.3) is 0 Å². The van der Waals surface area contributed by atoms with Crippen LogP contribution < -0.4 is 9.47 Å². The van der Waals surface area contributed by atoms with Gasteiger partial charge in [0.05, 0.1) is 17.6 Å². The minimum atomic E-state index is -3.62. The van der Waals surface area contributed by atoms with Gasteiger partial charge in [-0.1, -0.05) is 24.3 Å². The third kappa shape index (κ3) is 2.99.